The van der Waals surface area contributed by atoms with E-state index in [1.54, 1.807) is 13.0 Å². The van der Waals surface area contributed by atoms with Crippen LogP contribution in [0.25, 0.3) is 22.0 Å². The number of alkyl halides is 3. The van der Waals surface area contributed by atoms with Gasteiger partial charge in [-0.2, -0.15) is 13.2 Å². The first kappa shape index (κ1) is 25.3. The van der Waals surface area contributed by atoms with E-state index in [0.717, 1.165) is 39.9 Å². The summed E-state index contributed by atoms with van der Waals surface area (Å²) in [7, 11) is 0. The Morgan fingerprint density at radius 3 is 2.25 bits per heavy atom. The average molecular weight is 496 g/mol. The lowest BCUT2D eigenvalue weighted by Crippen LogP contribution is -2.28. The summed E-state index contributed by atoms with van der Waals surface area (Å²) in [5, 5.41) is 3.63. The van der Waals surface area contributed by atoms with Crippen LogP contribution in [0.4, 0.5) is 13.2 Å². The van der Waals surface area contributed by atoms with E-state index in [4.69, 9.17) is 0 Å². The molecule has 5 nitrogen and oxygen atoms in total. The standard InChI is InChI=1S/C28H28F3N3O2/c1-15(2)34-14-17(4)25-22(26(35)32-13-23-16(3)10-18(5)33-27(23)36)11-20(12-24(25)34)19-6-8-21(9-7-19)28(29,30)31/h6-12,14-15H,13H2,1-5H3,(H,32,35)(H,33,36). The molecule has 2 aromatic heterocycles. The molecule has 4 aromatic rings. The molecule has 0 aliphatic carbocycles. The summed E-state index contributed by atoms with van der Waals surface area (Å²) in [4.78, 5) is 28.6. The van der Waals surface area contributed by atoms with Crippen LogP contribution in [-0.4, -0.2) is 15.5 Å². The van der Waals surface area contributed by atoms with Gasteiger partial charge in [-0.3, -0.25) is 9.59 Å². The summed E-state index contributed by atoms with van der Waals surface area (Å²) in [6.07, 6.45) is -2.46. The number of nitrogens with zero attached hydrogens (tertiary/aromatic N) is 1. The van der Waals surface area contributed by atoms with Crippen molar-refractivity contribution < 1.29 is 18.0 Å². The van der Waals surface area contributed by atoms with Crippen molar-refractivity contribution in [2.75, 3.05) is 0 Å². The van der Waals surface area contributed by atoms with Gasteiger partial charge in [0.15, 0.2) is 0 Å². The number of rotatable bonds is 5. The number of hydrogen-bond donors (Lipinski definition) is 2. The molecule has 0 spiro atoms. The summed E-state index contributed by atoms with van der Waals surface area (Å²) in [5.41, 5.74) is 4.34. The van der Waals surface area contributed by atoms with Crippen LogP contribution in [0.2, 0.25) is 0 Å². The molecule has 188 valence electrons. The van der Waals surface area contributed by atoms with E-state index in [-0.39, 0.29) is 24.1 Å². The molecule has 0 fully saturated rings. The van der Waals surface area contributed by atoms with E-state index < -0.39 is 11.7 Å². The third-order valence-electron chi connectivity index (χ3n) is 6.39. The molecule has 0 saturated heterocycles. The van der Waals surface area contributed by atoms with Gasteiger partial charge in [0.25, 0.3) is 11.5 Å². The van der Waals surface area contributed by atoms with Crippen LogP contribution >= 0.6 is 0 Å². The molecule has 0 saturated carbocycles. The highest BCUT2D eigenvalue weighted by atomic mass is 19.4. The Labute approximate surface area is 207 Å². The minimum absolute atomic E-state index is 0.0518. The van der Waals surface area contributed by atoms with E-state index in [0.29, 0.717) is 22.3 Å². The van der Waals surface area contributed by atoms with Gasteiger partial charge in [-0.1, -0.05) is 12.1 Å². The van der Waals surface area contributed by atoms with E-state index in [2.05, 4.69) is 10.3 Å². The summed E-state index contributed by atoms with van der Waals surface area (Å²) < 4.78 is 41.2. The first-order valence-corrected chi connectivity index (χ1v) is 11.7. The number of carbonyl (C=O) groups excluding carboxylic acids is 1. The minimum Gasteiger partial charge on any atom is -0.348 e. The largest absolute Gasteiger partial charge is 0.416 e. The molecule has 0 bridgehead atoms. The van der Waals surface area contributed by atoms with Gasteiger partial charge in [0.05, 0.1) is 5.56 Å². The monoisotopic (exact) mass is 495 g/mol. The molecule has 0 radical (unpaired) electrons. The summed E-state index contributed by atoms with van der Waals surface area (Å²) in [6.45, 7) is 9.63. The van der Waals surface area contributed by atoms with Crippen molar-refractivity contribution in [1.82, 2.24) is 14.9 Å². The van der Waals surface area contributed by atoms with Crippen molar-refractivity contribution in [3.05, 3.63) is 92.5 Å². The number of H-pyrrole nitrogens is 1. The molecule has 36 heavy (non-hydrogen) atoms. The molecule has 4 rings (SSSR count). The maximum absolute atomic E-state index is 13.4. The van der Waals surface area contributed by atoms with Crippen molar-refractivity contribution in [2.24, 2.45) is 0 Å². The fraction of sp³-hybridized carbons (Fsp3) is 0.286. The highest BCUT2D eigenvalue weighted by Crippen LogP contribution is 2.35. The zero-order valence-corrected chi connectivity index (χ0v) is 20.8. The number of hydrogen-bond acceptors (Lipinski definition) is 2. The summed E-state index contributed by atoms with van der Waals surface area (Å²) in [6, 6.07) is 10.5. The van der Waals surface area contributed by atoms with Crippen LogP contribution in [0, 0.1) is 20.8 Å². The van der Waals surface area contributed by atoms with Crippen LogP contribution < -0.4 is 10.9 Å². The first-order valence-electron chi connectivity index (χ1n) is 11.7. The molecular weight excluding hydrogens is 467 g/mol. The number of nitrogens with one attached hydrogen (secondary N) is 2. The number of aromatic nitrogens is 2. The normalized spacial score (nSPS) is 11.9. The lowest BCUT2D eigenvalue weighted by atomic mass is 9.97. The summed E-state index contributed by atoms with van der Waals surface area (Å²) in [5.74, 6) is -0.363. The molecule has 8 heteroatoms. The Morgan fingerprint density at radius 2 is 1.67 bits per heavy atom. The Bertz CT molecular complexity index is 1510. The fourth-order valence-corrected chi connectivity index (χ4v) is 4.58. The molecule has 2 heterocycles. The number of amides is 1. The van der Waals surface area contributed by atoms with Crippen molar-refractivity contribution in [3.63, 3.8) is 0 Å². The van der Waals surface area contributed by atoms with Gasteiger partial charge in [0.2, 0.25) is 0 Å². The number of pyridine rings is 1. The number of aromatic amines is 1. The highest BCUT2D eigenvalue weighted by Gasteiger charge is 2.30. The van der Waals surface area contributed by atoms with E-state index in [1.165, 1.54) is 12.1 Å². The number of halogens is 3. The quantitative estimate of drug-likeness (QED) is 0.334. The van der Waals surface area contributed by atoms with Crippen molar-refractivity contribution in [2.45, 2.75) is 53.4 Å². The van der Waals surface area contributed by atoms with Gasteiger partial charge in [0, 0.05) is 46.5 Å². The smallest absolute Gasteiger partial charge is 0.348 e. The Balaban J connectivity index is 1.80. The van der Waals surface area contributed by atoms with Crippen molar-refractivity contribution in [3.8, 4) is 11.1 Å². The van der Waals surface area contributed by atoms with Gasteiger partial charge in [-0.05, 0) is 87.2 Å². The molecule has 0 atom stereocenters. The van der Waals surface area contributed by atoms with Gasteiger partial charge < -0.3 is 14.9 Å². The second kappa shape index (κ2) is 9.33. The Hall–Kier alpha value is -3.81. The lowest BCUT2D eigenvalue weighted by Gasteiger charge is -2.14. The van der Waals surface area contributed by atoms with Crippen molar-refractivity contribution >= 4 is 16.8 Å². The number of aryl methyl sites for hydroxylation is 3. The van der Waals surface area contributed by atoms with Crippen LogP contribution in [0.15, 0.2) is 53.5 Å². The fourth-order valence-electron chi connectivity index (χ4n) is 4.58. The van der Waals surface area contributed by atoms with E-state index in [1.807, 2.05) is 50.6 Å². The molecule has 0 unspecified atom stereocenters. The SMILES string of the molecule is Cc1cc(C)c(CNC(=O)c2cc(-c3ccc(C(F)(F)F)cc3)cc3c2c(C)cn3C(C)C)c(=O)[nH]1. The van der Waals surface area contributed by atoms with Crippen LogP contribution in [-0.2, 0) is 12.7 Å². The lowest BCUT2D eigenvalue weighted by molar-refractivity contribution is -0.137. The maximum atomic E-state index is 13.4. The predicted octanol–water partition coefficient (Wildman–Crippen LogP) is 6.45. The van der Waals surface area contributed by atoms with Gasteiger partial charge >= 0.3 is 6.18 Å². The van der Waals surface area contributed by atoms with Crippen molar-refractivity contribution in [1.29, 1.82) is 0 Å². The zero-order chi connectivity index (χ0) is 26.4. The van der Waals surface area contributed by atoms with E-state index in [9.17, 15) is 22.8 Å². The molecule has 2 aromatic carbocycles. The van der Waals surface area contributed by atoms with Crippen LogP contribution in [0.1, 0.15) is 58.2 Å². The van der Waals surface area contributed by atoms with Gasteiger partial charge in [-0.15, -0.1) is 0 Å². The second-order valence-corrected chi connectivity index (χ2v) is 9.43. The summed E-state index contributed by atoms with van der Waals surface area (Å²) >= 11 is 0. The second-order valence-electron chi connectivity index (χ2n) is 9.43. The zero-order valence-electron chi connectivity index (χ0n) is 20.8. The average Bonchev–Trinajstić information content (AvgIpc) is 3.14. The third kappa shape index (κ3) is 4.80. The number of fused-ring (bicyclic) bond motifs is 1. The molecule has 0 aliphatic rings. The van der Waals surface area contributed by atoms with Crippen LogP contribution in [0.3, 0.4) is 0 Å². The molecule has 1 amide bonds. The maximum Gasteiger partial charge on any atom is 0.416 e. The number of benzene rings is 2. The molecule has 0 aliphatic heterocycles. The Morgan fingerprint density at radius 1 is 1.00 bits per heavy atom. The van der Waals surface area contributed by atoms with Crippen LogP contribution in [0.5, 0.6) is 0 Å². The minimum atomic E-state index is -4.43. The van der Waals surface area contributed by atoms with Gasteiger partial charge in [-0.25, -0.2) is 0 Å². The molecule has 2 N–H and O–H groups in total. The third-order valence-corrected chi connectivity index (χ3v) is 6.39. The number of carbonyl (C=O) groups is 1. The molecular formula is C28H28F3N3O2. The predicted molar refractivity (Wildman–Crippen MR) is 135 cm³/mol. The first-order chi connectivity index (χ1) is 16.9. The highest BCUT2D eigenvalue weighted by molar-refractivity contribution is 6.09. The van der Waals surface area contributed by atoms with Gasteiger partial charge in [0.1, 0.15) is 0 Å². The Kier molecular flexibility index (Phi) is 6.56. The van der Waals surface area contributed by atoms with E-state index >= 15 is 0 Å². The topological polar surface area (TPSA) is 66.9 Å².